The van der Waals surface area contributed by atoms with Gasteiger partial charge in [-0.15, -0.1) is 0 Å². The Morgan fingerprint density at radius 3 is 2.80 bits per heavy atom. The van der Waals surface area contributed by atoms with Crippen molar-refractivity contribution in [1.82, 2.24) is 10.2 Å². The minimum absolute atomic E-state index is 0.00647. The molecule has 1 amide bonds. The molecule has 0 bridgehead atoms. The van der Waals surface area contributed by atoms with Crippen molar-refractivity contribution in [3.05, 3.63) is 29.8 Å². The van der Waals surface area contributed by atoms with Crippen molar-refractivity contribution in [2.45, 2.75) is 51.2 Å². The molecule has 1 aliphatic carbocycles. The Labute approximate surface area is 147 Å². The van der Waals surface area contributed by atoms with E-state index in [9.17, 15) is 13.6 Å². The number of halogens is 2. The van der Waals surface area contributed by atoms with Gasteiger partial charge in [0, 0.05) is 24.7 Å². The number of carbonyl (C=O) groups excluding carboxylic acids is 1. The van der Waals surface area contributed by atoms with Crippen LogP contribution in [0.25, 0.3) is 0 Å². The molecule has 1 saturated heterocycles. The normalized spacial score (nSPS) is 22.3. The Hall–Kier alpha value is -1.69. The smallest absolute Gasteiger partial charge is 0.387 e. The summed E-state index contributed by atoms with van der Waals surface area (Å²) >= 11 is 0. The molecule has 1 atom stereocenters. The number of carbonyl (C=O) groups is 1. The van der Waals surface area contributed by atoms with Gasteiger partial charge in [-0.05, 0) is 49.9 Å². The van der Waals surface area contributed by atoms with E-state index in [0.717, 1.165) is 25.6 Å². The van der Waals surface area contributed by atoms with E-state index in [1.807, 2.05) is 0 Å². The number of likely N-dealkylation sites (tertiary alicyclic amines) is 1. The fourth-order valence-corrected chi connectivity index (χ4v) is 3.96. The summed E-state index contributed by atoms with van der Waals surface area (Å²) in [5.41, 5.74) is 0.347. The predicted molar refractivity (Wildman–Crippen MR) is 92.0 cm³/mol. The van der Waals surface area contributed by atoms with Crippen LogP contribution in [-0.4, -0.2) is 43.1 Å². The fourth-order valence-electron chi connectivity index (χ4n) is 3.96. The van der Waals surface area contributed by atoms with Crippen molar-refractivity contribution >= 4 is 5.91 Å². The van der Waals surface area contributed by atoms with Crippen molar-refractivity contribution in [2.75, 3.05) is 19.6 Å². The van der Waals surface area contributed by atoms with Gasteiger partial charge in [-0.1, -0.05) is 25.3 Å². The number of hydrogen-bond donors (Lipinski definition) is 1. The topological polar surface area (TPSA) is 41.6 Å². The van der Waals surface area contributed by atoms with Crippen molar-refractivity contribution < 1.29 is 18.3 Å². The van der Waals surface area contributed by atoms with Crippen LogP contribution in [0.15, 0.2) is 24.3 Å². The summed E-state index contributed by atoms with van der Waals surface area (Å²) in [5, 5.41) is 2.94. The molecule has 3 rings (SSSR count). The highest BCUT2D eigenvalue weighted by atomic mass is 19.3. The maximum Gasteiger partial charge on any atom is 0.387 e. The van der Waals surface area contributed by atoms with Gasteiger partial charge >= 0.3 is 6.61 Å². The number of benzene rings is 1. The molecule has 0 spiro atoms. The van der Waals surface area contributed by atoms with Crippen LogP contribution >= 0.6 is 0 Å². The zero-order chi connectivity index (χ0) is 17.6. The van der Waals surface area contributed by atoms with Crippen LogP contribution in [0.5, 0.6) is 5.75 Å². The third-order valence-corrected chi connectivity index (χ3v) is 5.28. The van der Waals surface area contributed by atoms with E-state index >= 15 is 0 Å². The SMILES string of the molecule is O=C(NC[C@@H]1CCN(C2CCCCC2)C1)c1cccc(OC(F)F)c1. The van der Waals surface area contributed by atoms with E-state index in [1.165, 1.54) is 44.2 Å². The first-order valence-electron chi connectivity index (χ1n) is 9.19. The molecule has 1 saturated carbocycles. The van der Waals surface area contributed by atoms with Gasteiger partial charge in [-0.25, -0.2) is 0 Å². The molecular formula is C19H26F2N2O2. The highest BCUT2D eigenvalue weighted by Gasteiger charge is 2.29. The Balaban J connectivity index is 1.46. The second kappa shape index (κ2) is 8.61. The Morgan fingerprint density at radius 1 is 1.24 bits per heavy atom. The molecule has 1 heterocycles. The lowest BCUT2D eigenvalue weighted by atomic mass is 9.94. The lowest BCUT2D eigenvalue weighted by molar-refractivity contribution is -0.0498. The van der Waals surface area contributed by atoms with Crippen molar-refractivity contribution in [1.29, 1.82) is 0 Å². The number of nitrogens with one attached hydrogen (secondary N) is 1. The highest BCUT2D eigenvalue weighted by molar-refractivity contribution is 5.94. The second-order valence-corrected chi connectivity index (χ2v) is 7.06. The molecule has 4 nitrogen and oxygen atoms in total. The van der Waals surface area contributed by atoms with Crippen LogP contribution in [0.3, 0.4) is 0 Å². The first-order valence-corrected chi connectivity index (χ1v) is 9.19. The molecule has 6 heteroatoms. The molecule has 1 N–H and O–H groups in total. The summed E-state index contributed by atoms with van der Waals surface area (Å²) < 4.78 is 28.9. The number of amides is 1. The summed E-state index contributed by atoms with van der Waals surface area (Å²) in [6.45, 7) is -0.104. The number of alkyl halides is 2. The maximum atomic E-state index is 12.3. The standard InChI is InChI=1S/C19H26F2N2O2/c20-19(21)25-17-8-4-5-15(11-17)18(24)22-12-14-9-10-23(13-14)16-6-2-1-3-7-16/h4-5,8,11,14,16,19H,1-3,6-7,9-10,12-13H2,(H,22,24)/t14-/m0/s1. The largest absolute Gasteiger partial charge is 0.435 e. The lowest BCUT2D eigenvalue weighted by Crippen LogP contribution is -2.36. The predicted octanol–water partition coefficient (Wildman–Crippen LogP) is 3.67. The summed E-state index contributed by atoms with van der Waals surface area (Å²) in [4.78, 5) is 14.8. The van der Waals surface area contributed by atoms with Gasteiger partial charge < -0.3 is 15.0 Å². The van der Waals surface area contributed by atoms with Crippen molar-refractivity contribution in [3.8, 4) is 5.75 Å². The zero-order valence-electron chi connectivity index (χ0n) is 14.4. The van der Waals surface area contributed by atoms with Crippen LogP contribution in [0.1, 0.15) is 48.9 Å². The van der Waals surface area contributed by atoms with Crippen molar-refractivity contribution in [3.63, 3.8) is 0 Å². The molecule has 2 aliphatic rings. The number of hydrogen-bond acceptors (Lipinski definition) is 3. The molecule has 2 fully saturated rings. The van der Waals surface area contributed by atoms with Crippen molar-refractivity contribution in [2.24, 2.45) is 5.92 Å². The Bertz CT molecular complexity index is 576. The van der Waals surface area contributed by atoms with Crippen LogP contribution in [0, 0.1) is 5.92 Å². The fraction of sp³-hybridized carbons (Fsp3) is 0.632. The molecular weight excluding hydrogens is 326 g/mol. The quantitative estimate of drug-likeness (QED) is 0.849. The number of rotatable bonds is 6. The van der Waals surface area contributed by atoms with E-state index < -0.39 is 6.61 Å². The third kappa shape index (κ3) is 5.14. The van der Waals surface area contributed by atoms with Crippen LogP contribution < -0.4 is 10.1 Å². The Kier molecular flexibility index (Phi) is 6.24. The van der Waals surface area contributed by atoms with Gasteiger partial charge in [-0.3, -0.25) is 4.79 Å². The number of ether oxygens (including phenoxy) is 1. The van der Waals surface area contributed by atoms with E-state index in [-0.39, 0.29) is 11.7 Å². The molecule has 1 aliphatic heterocycles. The average molecular weight is 352 g/mol. The van der Waals surface area contributed by atoms with Gasteiger partial charge in [0.2, 0.25) is 0 Å². The molecule has 1 aromatic carbocycles. The lowest BCUT2D eigenvalue weighted by Gasteiger charge is -2.31. The van der Waals surface area contributed by atoms with E-state index in [4.69, 9.17) is 0 Å². The zero-order valence-corrected chi connectivity index (χ0v) is 14.4. The third-order valence-electron chi connectivity index (χ3n) is 5.28. The van der Waals surface area contributed by atoms with E-state index in [0.29, 0.717) is 18.0 Å². The molecule has 138 valence electrons. The van der Waals surface area contributed by atoms with E-state index in [1.54, 1.807) is 12.1 Å². The highest BCUT2D eigenvalue weighted by Crippen LogP contribution is 2.27. The molecule has 0 aromatic heterocycles. The van der Waals surface area contributed by atoms with Gasteiger partial charge in [0.25, 0.3) is 5.91 Å². The monoisotopic (exact) mass is 352 g/mol. The summed E-state index contributed by atoms with van der Waals surface area (Å²) in [6.07, 6.45) is 7.73. The van der Waals surface area contributed by atoms with Crippen LogP contribution in [-0.2, 0) is 0 Å². The second-order valence-electron chi connectivity index (χ2n) is 7.06. The summed E-state index contributed by atoms with van der Waals surface area (Å²) in [6, 6.07) is 6.65. The Morgan fingerprint density at radius 2 is 2.04 bits per heavy atom. The van der Waals surface area contributed by atoms with Gasteiger partial charge in [0.05, 0.1) is 0 Å². The minimum Gasteiger partial charge on any atom is -0.435 e. The minimum atomic E-state index is -2.89. The van der Waals surface area contributed by atoms with Gasteiger partial charge in [-0.2, -0.15) is 8.78 Å². The average Bonchev–Trinajstić information content (AvgIpc) is 3.09. The van der Waals surface area contributed by atoms with Crippen LogP contribution in [0.2, 0.25) is 0 Å². The summed E-state index contributed by atoms with van der Waals surface area (Å²) in [5.74, 6) is 0.231. The van der Waals surface area contributed by atoms with Crippen LogP contribution in [0.4, 0.5) is 8.78 Å². The number of nitrogens with zero attached hydrogens (tertiary/aromatic N) is 1. The molecule has 0 unspecified atom stereocenters. The van der Waals surface area contributed by atoms with Gasteiger partial charge in [0.1, 0.15) is 5.75 Å². The van der Waals surface area contributed by atoms with Gasteiger partial charge in [0.15, 0.2) is 0 Å². The first-order chi connectivity index (χ1) is 12.1. The van der Waals surface area contributed by atoms with E-state index in [2.05, 4.69) is 15.0 Å². The molecule has 25 heavy (non-hydrogen) atoms. The first kappa shape index (κ1) is 18.1. The maximum absolute atomic E-state index is 12.3. The molecule has 1 aromatic rings. The summed E-state index contributed by atoms with van der Waals surface area (Å²) in [7, 11) is 0. The molecule has 0 radical (unpaired) electrons.